The van der Waals surface area contributed by atoms with Crippen LogP contribution in [0.4, 0.5) is 10.2 Å². The Balaban J connectivity index is 1.33. The third-order valence-electron chi connectivity index (χ3n) is 4.88. The predicted octanol–water partition coefficient (Wildman–Crippen LogP) is 5.36. The lowest BCUT2D eigenvalue weighted by atomic mass is 10.2. The number of nitrogen functional groups attached to an aromatic ring is 1. The number of halogens is 1. The Hall–Kier alpha value is -4.04. The van der Waals surface area contributed by atoms with Crippen LogP contribution in [0.2, 0.25) is 0 Å². The normalized spacial score (nSPS) is 10.9. The van der Waals surface area contributed by atoms with Gasteiger partial charge in [0.2, 0.25) is 0 Å². The quantitative estimate of drug-likeness (QED) is 0.382. The predicted molar refractivity (Wildman–Crippen MR) is 123 cm³/mol. The van der Waals surface area contributed by atoms with Crippen molar-refractivity contribution in [3.8, 4) is 33.4 Å². The summed E-state index contributed by atoms with van der Waals surface area (Å²) < 4.78 is 20.6. The first-order valence-corrected chi connectivity index (χ1v) is 10.8. The summed E-state index contributed by atoms with van der Waals surface area (Å²) in [5, 5.41) is 11.0. The van der Waals surface area contributed by atoms with Crippen molar-refractivity contribution in [2.75, 3.05) is 5.73 Å². The van der Waals surface area contributed by atoms with Gasteiger partial charge in [-0.3, -0.25) is 0 Å². The monoisotopic (exact) mass is 443 g/mol. The zero-order chi connectivity index (χ0) is 21.9. The minimum absolute atomic E-state index is 0.284. The van der Waals surface area contributed by atoms with Gasteiger partial charge in [-0.25, -0.2) is 9.37 Å². The number of aromatic nitrogens is 4. The van der Waals surface area contributed by atoms with Gasteiger partial charge >= 0.3 is 0 Å². The van der Waals surface area contributed by atoms with Gasteiger partial charge in [0.15, 0.2) is 11.5 Å². The molecule has 0 aliphatic carbocycles. The number of ether oxygens (including phenoxy) is 1. The summed E-state index contributed by atoms with van der Waals surface area (Å²) in [5.41, 5.74) is 10.3. The molecular weight excluding hydrogens is 425 g/mol. The molecule has 2 aromatic heterocycles. The molecule has 6 nitrogen and oxygen atoms in total. The summed E-state index contributed by atoms with van der Waals surface area (Å²) in [5.74, 6) is 0.858. The van der Waals surface area contributed by atoms with Crippen LogP contribution in [0.15, 0.2) is 84.2 Å². The van der Waals surface area contributed by atoms with Gasteiger partial charge in [0.25, 0.3) is 0 Å². The molecule has 8 heteroatoms. The van der Waals surface area contributed by atoms with E-state index < -0.39 is 0 Å². The number of rotatable bonds is 6. The van der Waals surface area contributed by atoms with E-state index in [4.69, 9.17) is 10.5 Å². The maximum absolute atomic E-state index is 13.2. The first kappa shape index (κ1) is 19.9. The highest BCUT2D eigenvalue weighted by molar-refractivity contribution is 7.13. The number of nitrogens with two attached hydrogens (primary N) is 1. The Labute approximate surface area is 187 Å². The summed E-state index contributed by atoms with van der Waals surface area (Å²) in [4.78, 5) is 4.60. The largest absolute Gasteiger partial charge is 0.489 e. The molecule has 0 unspecified atom stereocenters. The smallest absolute Gasteiger partial charge is 0.165 e. The lowest BCUT2D eigenvalue weighted by molar-refractivity contribution is 0.306. The third-order valence-corrected chi connectivity index (χ3v) is 5.73. The highest BCUT2D eigenvalue weighted by Crippen LogP contribution is 2.32. The maximum Gasteiger partial charge on any atom is 0.165 e. The van der Waals surface area contributed by atoms with Crippen LogP contribution >= 0.6 is 11.3 Å². The average Bonchev–Trinajstić information content (AvgIpc) is 3.46. The van der Waals surface area contributed by atoms with Crippen LogP contribution in [0.3, 0.4) is 0 Å². The first-order valence-electron chi connectivity index (χ1n) is 9.87. The zero-order valence-corrected chi connectivity index (χ0v) is 17.7. The van der Waals surface area contributed by atoms with Crippen LogP contribution in [0.25, 0.3) is 27.6 Å². The van der Waals surface area contributed by atoms with Gasteiger partial charge in [-0.15, -0.1) is 16.4 Å². The van der Waals surface area contributed by atoms with Crippen LogP contribution in [0, 0.1) is 5.82 Å². The van der Waals surface area contributed by atoms with Gasteiger partial charge in [-0.05, 0) is 54.1 Å². The molecule has 5 rings (SSSR count). The molecule has 2 N–H and O–H groups in total. The van der Waals surface area contributed by atoms with Crippen molar-refractivity contribution in [1.82, 2.24) is 20.0 Å². The molecule has 32 heavy (non-hydrogen) atoms. The summed E-state index contributed by atoms with van der Waals surface area (Å²) in [6, 6.07) is 23.7. The van der Waals surface area contributed by atoms with Crippen LogP contribution in [-0.4, -0.2) is 20.0 Å². The molecule has 0 spiro atoms. The van der Waals surface area contributed by atoms with E-state index in [9.17, 15) is 4.39 Å². The number of hydrogen-bond donors (Lipinski definition) is 1. The van der Waals surface area contributed by atoms with Crippen molar-refractivity contribution in [1.29, 1.82) is 0 Å². The molecule has 3 aromatic carbocycles. The Kier molecular flexibility index (Phi) is 5.35. The topological polar surface area (TPSA) is 78.9 Å². The molecule has 158 valence electrons. The molecule has 0 aliphatic rings. The summed E-state index contributed by atoms with van der Waals surface area (Å²) >= 11 is 1.41. The molecule has 2 heterocycles. The van der Waals surface area contributed by atoms with E-state index in [1.54, 1.807) is 16.8 Å². The molecule has 0 aliphatic heterocycles. The van der Waals surface area contributed by atoms with Gasteiger partial charge in [-0.1, -0.05) is 35.5 Å². The molecular formula is C24H18FN5OS. The summed E-state index contributed by atoms with van der Waals surface area (Å²) in [6.45, 7) is 0.496. The lowest BCUT2D eigenvalue weighted by Crippen LogP contribution is -2.02. The molecule has 0 atom stereocenters. The maximum atomic E-state index is 13.2. The molecule has 0 fully saturated rings. The minimum Gasteiger partial charge on any atom is -0.489 e. The molecule has 0 saturated heterocycles. The number of hydrogen-bond acceptors (Lipinski definition) is 6. The fraction of sp³-hybridized carbons (Fsp3) is 0.0417. The van der Waals surface area contributed by atoms with Gasteiger partial charge in [0.05, 0.1) is 11.4 Å². The Morgan fingerprint density at radius 2 is 1.69 bits per heavy atom. The molecule has 0 saturated carbocycles. The fourth-order valence-corrected chi connectivity index (χ4v) is 4.01. The van der Waals surface area contributed by atoms with E-state index >= 15 is 0 Å². The van der Waals surface area contributed by atoms with Gasteiger partial charge in [0.1, 0.15) is 23.2 Å². The Bertz CT molecular complexity index is 1330. The molecule has 0 radical (unpaired) electrons. The fourth-order valence-electron chi connectivity index (χ4n) is 3.19. The summed E-state index contributed by atoms with van der Waals surface area (Å²) in [6.07, 6.45) is 0. The van der Waals surface area contributed by atoms with Gasteiger partial charge in [0, 0.05) is 10.9 Å². The molecule has 5 aromatic rings. The average molecular weight is 444 g/mol. The number of thiazole rings is 1. The van der Waals surface area contributed by atoms with Crippen LogP contribution in [0.1, 0.15) is 5.56 Å². The third kappa shape index (κ3) is 4.08. The second-order valence-corrected chi connectivity index (χ2v) is 7.91. The van der Waals surface area contributed by atoms with Crippen molar-refractivity contribution in [3.05, 3.63) is 95.6 Å². The molecule has 0 amide bonds. The van der Waals surface area contributed by atoms with Crippen LogP contribution in [-0.2, 0) is 6.61 Å². The van der Waals surface area contributed by atoms with E-state index in [0.29, 0.717) is 23.1 Å². The number of nitrogens with zero attached hydrogens (tertiary/aromatic N) is 4. The van der Waals surface area contributed by atoms with E-state index in [0.717, 1.165) is 28.3 Å². The van der Waals surface area contributed by atoms with Crippen molar-refractivity contribution >= 4 is 17.2 Å². The van der Waals surface area contributed by atoms with E-state index in [1.807, 2.05) is 60.0 Å². The standard InChI is InChI=1S/C24H18FN5OS/c25-18-8-6-17(7-9-18)21-15-32-24(27-21)22-23(26)30(29-28-22)19-10-12-20(13-11-19)31-14-16-4-2-1-3-5-16/h1-13,15H,14,26H2. The second-order valence-electron chi connectivity index (χ2n) is 7.05. The van der Waals surface area contributed by atoms with Crippen molar-refractivity contribution in [2.24, 2.45) is 0 Å². The Morgan fingerprint density at radius 3 is 2.44 bits per heavy atom. The SMILES string of the molecule is Nc1c(-c2nc(-c3ccc(F)cc3)cs2)nnn1-c1ccc(OCc2ccccc2)cc1. The highest BCUT2D eigenvalue weighted by Gasteiger charge is 2.17. The zero-order valence-electron chi connectivity index (χ0n) is 16.9. The van der Waals surface area contributed by atoms with Crippen LogP contribution < -0.4 is 10.5 Å². The second kappa shape index (κ2) is 8.60. The van der Waals surface area contributed by atoms with E-state index in [2.05, 4.69) is 15.3 Å². The summed E-state index contributed by atoms with van der Waals surface area (Å²) in [7, 11) is 0. The van der Waals surface area contributed by atoms with E-state index in [1.165, 1.54) is 23.5 Å². The first-order chi connectivity index (χ1) is 15.7. The number of anilines is 1. The van der Waals surface area contributed by atoms with Crippen LogP contribution in [0.5, 0.6) is 5.75 Å². The van der Waals surface area contributed by atoms with Gasteiger partial charge in [-0.2, -0.15) is 4.68 Å². The van der Waals surface area contributed by atoms with Crippen molar-refractivity contribution in [3.63, 3.8) is 0 Å². The minimum atomic E-state index is -0.284. The Morgan fingerprint density at radius 1 is 0.938 bits per heavy atom. The van der Waals surface area contributed by atoms with Crippen molar-refractivity contribution in [2.45, 2.75) is 6.61 Å². The van der Waals surface area contributed by atoms with Gasteiger partial charge < -0.3 is 10.5 Å². The highest BCUT2D eigenvalue weighted by atomic mass is 32.1. The van der Waals surface area contributed by atoms with E-state index in [-0.39, 0.29) is 5.82 Å². The van der Waals surface area contributed by atoms with Crippen molar-refractivity contribution < 1.29 is 9.13 Å². The number of benzene rings is 3. The molecule has 0 bridgehead atoms. The lowest BCUT2D eigenvalue weighted by Gasteiger charge is -2.08.